The predicted molar refractivity (Wildman–Crippen MR) is 85.1 cm³/mol. The van der Waals surface area contributed by atoms with Crippen molar-refractivity contribution in [1.82, 2.24) is 9.88 Å². The third-order valence-corrected chi connectivity index (χ3v) is 4.52. The number of aromatic nitrogens is 1. The van der Waals surface area contributed by atoms with Crippen LogP contribution in [0.4, 0.5) is 5.82 Å². The van der Waals surface area contributed by atoms with E-state index < -0.39 is 0 Å². The first-order chi connectivity index (χ1) is 9.43. The number of hydrogen-bond acceptors (Lipinski definition) is 4. The maximum Gasteiger partial charge on any atom is 0.128 e. The Morgan fingerprint density at radius 3 is 2.40 bits per heavy atom. The molecule has 0 bridgehead atoms. The van der Waals surface area contributed by atoms with Gasteiger partial charge in [0.05, 0.1) is 0 Å². The summed E-state index contributed by atoms with van der Waals surface area (Å²) in [6.07, 6.45) is 6.75. The van der Waals surface area contributed by atoms with E-state index in [1.165, 1.54) is 24.8 Å². The van der Waals surface area contributed by atoms with Gasteiger partial charge in [0.2, 0.25) is 0 Å². The van der Waals surface area contributed by atoms with Gasteiger partial charge in [-0.1, -0.05) is 6.07 Å². The lowest BCUT2D eigenvalue weighted by Gasteiger charge is -2.49. The van der Waals surface area contributed by atoms with E-state index in [0.29, 0.717) is 5.54 Å². The first-order valence-electron chi connectivity index (χ1n) is 7.52. The second-order valence-electron chi connectivity index (χ2n) is 6.53. The molecule has 0 saturated heterocycles. The molecule has 2 rings (SSSR count). The van der Waals surface area contributed by atoms with Crippen LogP contribution in [0.15, 0.2) is 18.3 Å². The zero-order valence-electron chi connectivity index (χ0n) is 13.3. The van der Waals surface area contributed by atoms with E-state index in [-0.39, 0.29) is 6.04 Å². The van der Waals surface area contributed by atoms with Gasteiger partial charge in [0, 0.05) is 31.4 Å². The monoisotopic (exact) mass is 276 g/mol. The van der Waals surface area contributed by atoms with Crippen LogP contribution in [0, 0.1) is 0 Å². The van der Waals surface area contributed by atoms with Gasteiger partial charge in [0.1, 0.15) is 5.82 Å². The van der Waals surface area contributed by atoms with E-state index in [1.54, 1.807) is 0 Å². The molecule has 2 N–H and O–H groups in total. The summed E-state index contributed by atoms with van der Waals surface area (Å²) < 4.78 is 0. The van der Waals surface area contributed by atoms with E-state index in [0.717, 1.165) is 18.8 Å². The number of nitrogens with two attached hydrogens (primary N) is 1. The molecule has 0 aliphatic heterocycles. The minimum absolute atomic E-state index is 0.187. The molecule has 1 aliphatic rings. The number of anilines is 1. The predicted octanol–water partition coefficient (Wildman–Crippen LogP) is 1.89. The van der Waals surface area contributed by atoms with Crippen molar-refractivity contribution in [3.8, 4) is 0 Å². The van der Waals surface area contributed by atoms with Crippen LogP contribution in [-0.4, -0.2) is 49.2 Å². The third kappa shape index (κ3) is 3.30. The summed E-state index contributed by atoms with van der Waals surface area (Å²) in [6, 6.07) is 4.44. The second kappa shape index (κ2) is 6.10. The SMILES string of the molecule is CC(N)Cc1ccc(N(C)CC2(N(C)C)CCC2)nc1. The molecule has 0 aromatic carbocycles. The van der Waals surface area contributed by atoms with Gasteiger partial charge in [-0.05, 0) is 58.3 Å². The number of likely N-dealkylation sites (N-methyl/N-ethyl adjacent to an activating group) is 2. The fourth-order valence-electron chi connectivity index (χ4n) is 2.99. The Morgan fingerprint density at radius 2 is 2.00 bits per heavy atom. The van der Waals surface area contributed by atoms with E-state index in [9.17, 15) is 0 Å². The fraction of sp³-hybridized carbons (Fsp3) is 0.688. The summed E-state index contributed by atoms with van der Waals surface area (Å²) >= 11 is 0. The molecule has 112 valence electrons. The molecule has 1 fully saturated rings. The van der Waals surface area contributed by atoms with Crippen molar-refractivity contribution in [2.24, 2.45) is 5.73 Å². The zero-order valence-corrected chi connectivity index (χ0v) is 13.3. The van der Waals surface area contributed by atoms with E-state index >= 15 is 0 Å². The topological polar surface area (TPSA) is 45.4 Å². The Labute approximate surface area is 123 Å². The lowest BCUT2D eigenvalue weighted by atomic mass is 9.75. The number of rotatable bonds is 6. The van der Waals surface area contributed by atoms with Gasteiger partial charge in [-0.25, -0.2) is 4.98 Å². The van der Waals surface area contributed by atoms with Crippen LogP contribution in [0.1, 0.15) is 31.7 Å². The van der Waals surface area contributed by atoms with Crippen LogP contribution in [-0.2, 0) is 6.42 Å². The largest absolute Gasteiger partial charge is 0.358 e. The molecule has 4 nitrogen and oxygen atoms in total. The number of pyridine rings is 1. The zero-order chi connectivity index (χ0) is 14.8. The van der Waals surface area contributed by atoms with Crippen molar-refractivity contribution in [2.75, 3.05) is 32.6 Å². The van der Waals surface area contributed by atoms with Crippen molar-refractivity contribution >= 4 is 5.82 Å². The number of nitrogens with zero attached hydrogens (tertiary/aromatic N) is 3. The quantitative estimate of drug-likeness (QED) is 0.862. The molecular formula is C16H28N4. The summed E-state index contributed by atoms with van der Waals surface area (Å²) in [5.41, 5.74) is 7.37. The van der Waals surface area contributed by atoms with Crippen molar-refractivity contribution in [1.29, 1.82) is 0 Å². The lowest BCUT2D eigenvalue weighted by Crippen LogP contribution is -2.56. The highest BCUT2D eigenvalue weighted by molar-refractivity contribution is 5.39. The van der Waals surface area contributed by atoms with Crippen LogP contribution in [0.3, 0.4) is 0 Å². The molecule has 1 heterocycles. The number of hydrogen-bond donors (Lipinski definition) is 1. The summed E-state index contributed by atoms with van der Waals surface area (Å²) in [4.78, 5) is 9.23. The van der Waals surface area contributed by atoms with Crippen LogP contribution in [0.2, 0.25) is 0 Å². The van der Waals surface area contributed by atoms with E-state index in [4.69, 9.17) is 5.73 Å². The lowest BCUT2D eigenvalue weighted by molar-refractivity contribution is 0.0682. The Kier molecular flexibility index (Phi) is 4.66. The molecule has 0 amide bonds. The maximum atomic E-state index is 5.82. The minimum Gasteiger partial charge on any atom is -0.358 e. The van der Waals surface area contributed by atoms with Gasteiger partial charge in [0.15, 0.2) is 0 Å². The molecule has 1 aromatic heterocycles. The fourth-order valence-corrected chi connectivity index (χ4v) is 2.99. The summed E-state index contributed by atoms with van der Waals surface area (Å²) in [5, 5.41) is 0. The van der Waals surface area contributed by atoms with Crippen LogP contribution in [0.5, 0.6) is 0 Å². The van der Waals surface area contributed by atoms with E-state index in [2.05, 4.69) is 48.1 Å². The smallest absolute Gasteiger partial charge is 0.128 e. The van der Waals surface area contributed by atoms with E-state index in [1.807, 2.05) is 13.1 Å². The van der Waals surface area contributed by atoms with Gasteiger partial charge in [-0.3, -0.25) is 0 Å². The minimum atomic E-state index is 0.187. The van der Waals surface area contributed by atoms with Crippen molar-refractivity contribution < 1.29 is 0 Å². The molecule has 1 unspecified atom stereocenters. The Bertz CT molecular complexity index is 421. The van der Waals surface area contributed by atoms with Crippen LogP contribution < -0.4 is 10.6 Å². The second-order valence-corrected chi connectivity index (χ2v) is 6.53. The standard InChI is InChI=1S/C16H28N4/c1-13(17)10-14-6-7-15(18-11-14)20(4)12-16(19(2)3)8-5-9-16/h6-7,11,13H,5,8-10,12,17H2,1-4H3. The molecule has 1 aliphatic carbocycles. The summed E-state index contributed by atoms with van der Waals surface area (Å²) in [5.74, 6) is 1.05. The Hall–Kier alpha value is -1.13. The van der Waals surface area contributed by atoms with Crippen LogP contribution in [0.25, 0.3) is 0 Å². The molecule has 20 heavy (non-hydrogen) atoms. The van der Waals surface area contributed by atoms with Crippen LogP contribution >= 0.6 is 0 Å². The highest BCUT2D eigenvalue weighted by Crippen LogP contribution is 2.37. The molecule has 4 heteroatoms. The van der Waals surface area contributed by atoms with Crippen molar-refractivity contribution in [2.45, 2.75) is 44.2 Å². The molecule has 1 saturated carbocycles. The van der Waals surface area contributed by atoms with Crippen molar-refractivity contribution in [3.63, 3.8) is 0 Å². The van der Waals surface area contributed by atoms with Gasteiger partial charge < -0.3 is 15.5 Å². The Morgan fingerprint density at radius 1 is 1.30 bits per heavy atom. The molecule has 1 atom stereocenters. The van der Waals surface area contributed by atoms with Gasteiger partial charge in [0.25, 0.3) is 0 Å². The highest BCUT2D eigenvalue weighted by Gasteiger charge is 2.40. The Balaban J connectivity index is 2.00. The molecule has 1 aromatic rings. The normalized spacial score (nSPS) is 18.7. The molecular weight excluding hydrogens is 248 g/mol. The first-order valence-corrected chi connectivity index (χ1v) is 7.52. The van der Waals surface area contributed by atoms with Gasteiger partial charge >= 0.3 is 0 Å². The summed E-state index contributed by atoms with van der Waals surface area (Å²) in [7, 11) is 6.51. The average Bonchev–Trinajstić information content (AvgIpc) is 2.33. The average molecular weight is 276 g/mol. The van der Waals surface area contributed by atoms with Gasteiger partial charge in [-0.15, -0.1) is 0 Å². The highest BCUT2D eigenvalue weighted by atomic mass is 15.2. The molecule has 0 radical (unpaired) electrons. The first kappa shape index (κ1) is 15.3. The molecule has 0 spiro atoms. The summed E-state index contributed by atoms with van der Waals surface area (Å²) in [6.45, 7) is 3.07. The third-order valence-electron chi connectivity index (χ3n) is 4.52. The van der Waals surface area contributed by atoms with Gasteiger partial charge in [-0.2, -0.15) is 0 Å². The maximum absolute atomic E-state index is 5.82. The van der Waals surface area contributed by atoms with Crippen molar-refractivity contribution in [3.05, 3.63) is 23.9 Å².